The number of anilines is 6. The molecule has 3 aliphatic rings. The van der Waals surface area contributed by atoms with Crippen LogP contribution < -0.4 is 31.5 Å². The van der Waals surface area contributed by atoms with Crippen molar-refractivity contribution in [3.63, 3.8) is 0 Å². The first-order chi connectivity index (χ1) is 29.6. The minimum absolute atomic E-state index is 0.0531. The van der Waals surface area contributed by atoms with Crippen LogP contribution in [0.25, 0.3) is 0 Å². The largest absolute Gasteiger partial charge is 0.369 e. The molecule has 14 nitrogen and oxygen atoms in total. The van der Waals surface area contributed by atoms with E-state index in [1.165, 1.54) is 0 Å². The van der Waals surface area contributed by atoms with Crippen LogP contribution in [0, 0.1) is 5.82 Å². The molecule has 1 unspecified atom stereocenters. The molecule has 3 saturated heterocycles. The van der Waals surface area contributed by atoms with Gasteiger partial charge in [0.25, 0.3) is 11.8 Å². The molecule has 2 atom stereocenters. The molecule has 1 aromatic heterocycles. The Morgan fingerprint density at radius 2 is 1.44 bits per heavy atom. The summed E-state index contributed by atoms with van der Waals surface area (Å²) in [5.41, 5.74) is 4.65. The monoisotopic (exact) mass is 844 g/mol. The summed E-state index contributed by atoms with van der Waals surface area (Å²) in [6.45, 7) is 7.39. The van der Waals surface area contributed by atoms with Crippen molar-refractivity contribution in [3.8, 4) is 0 Å². The SMILES string of the molecule is O=C1CCC(c2ccc(N3CCN(CCN4CC[C@H](NC(=O)c5ccc(Nc6ncc(F)c(Nc7ccc(C(=O)Nc8ccccc8Cl)cc7)n6)cc5)C4)CC3)cc2)C(=O)N1. The lowest BCUT2D eigenvalue weighted by atomic mass is 9.90. The van der Waals surface area contributed by atoms with Crippen LogP contribution >= 0.6 is 11.6 Å². The summed E-state index contributed by atoms with van der Waals surface area (Å²) in [5, 5.41) is 14.8. The van der Waals surface area contributed by atoms with E-state index >= 15 is 0 Å². The second-order valence-electron chi connectivity index (χ2n) is 15.4. The van der Waals surface area contributed by atoms with Crippen molar-refractivity contribution in [1.29, 1.82) is 0 Å². The highest BCUT2D eigenvalue weighted by Crippen LogP contribution is 2.28. The van der Waals surface area contributed by atoms with Gasteiger partial charge >= 0.3 is 0 Å². The minimum Gasteiger partial charge on any atom is -0.369 e. The molecule has 5 aromatic rings. The summed E-state index contributed by atoms with van der Waals surface area (Å²) in [6, 6.07) is 28.6. The number of carbonyl (C=O) groups is 4. The highest BCUT2D eigenvalue weighted by Gasteiger charge is 2.29. The van der Waals surface area contributed by atoms with Crippen LogP contribution in [0.2, 0.25) is 5.02 Å². The number of likely N-dealkylation sites (tertiary alicyclic amines) is 1. The molecule has 0 radical (unpaired) electrons. The third-order valence-corrected chi connectivity index (χ3v) is 11.6. The zero-order chi connectivity index (χ0) is 42.3. The average Bonchev–Trinajstić information content (AvgIpc) is 3.72. The number of hydrogen-bond acceptors (Lipinski definition) is 11. The van der Waals surface area contributed by atoms with Gasteiger partial charge in [-0.1, -0.05) is 35.9 Å². The molecule has 0 bridgehead atoms. The van der Waals surface area contributed by atoms with Gasteiger partial charge in [-0.05, 0) is 91.2 Å². The van der Waals surface area contributed by atoms with Crippen molar-refractivity contribution in [2.75, 3.05) is 73.2 Å². The Kier molecular flexibility index (Phi) is 12.8. The molecule has 314 valence electrons. The quantitative estimate of drug-likeness (QED) is 0.0864. The lowest BCUT2D eigenvalue weighted by Gasteiger charge is -2.37. The highest BCUT2D eigenvalue weighted by molar-refractivity contribution is 6.33. The Bertz CT molecular complexity index is 2380. The smallest absolute Gasteiger partial charge is 0.255 e. The number of benzene rings is 4. The zero-order valence-corrected chi connectivity index (χ0v) is 34.1. The number of halogens is 2. The summed E-state index contributed by atoms with van der Waals surface area (Å²) >= 11 is 6.15. The molecule has 8 rings (SSSR count). The van der Waals surface area contributed by atoms with E-state index in [4.69, 9.17) is 11.6 Å². The van der Waals surface area contributed by atoms with Gasteiger partial charge < -0.3 is 26.2 Å². The normalized spacial score (nSPS) is 18.4. The summed E-state index contributed by atoms with van der Waals surface area (Å²) in [7, 11) is 0. The number of para-hydroxylation sites is 1. The van der Waals surface area contributed by atoms with Crippen LogP contribution in [0.4, 0.5) is 38.9 Å². The first-order valence-electron chi connectivity index (χ1n) is 20.4. The van der Waals surface area contributed by atoms with Crippen LogP contribution in [-0.2, 0) is 9.59 Å². The van der Waals surface area contributed by atoms with E-state index in [2.05, 4.69) is 63.4 Å². The van der Waals surface area contributed by atoms with Crippen LogP contribution in [0.3, 0.4) is 0 Å². The third kappa shape index (κ3) is 10.5. The number of piperazine rings is 1. The van der Waals surface area contributed by atoms with Gasteiger partial charge in [-0.15, -0.1) is 0 Å². The number of amides is 4. The second-order valence-corrected chi connectivity index (χ2v) is 15.8. The van der Waals surface area contributed by atoms with Gasteiger partial charge in [-0.25, -0.2) is 9.37 Å². The van der Waals surface area contributed by atoms with Gasteiger partial charge in [0, 0.05) is 93.0 Å². The molecule has 4 aromatic carbocycles. The molecule has 16 heteroatoms. The molecule has 3 fully saturated rings. The van der Waals surface area contributed by atoms with E-state index in [1.54, 1.807) is 72.8 Å². The first kappa shape index (κ1) is 41.3. The Labute approximate surface area is 357 Å². The number of rotatable bonds is 13. The first-order valence-corrected chi connectivity index (χ1v) is 20.8. The van der Waals surface area contributed by atoms with Gasteiger partial charge in [-0.2, -0.15) is 4.98 Å². The number of hydrogen-bond donors (Lipinski definition) is 5. The van der Waals surface area contributed by atoms with Crippen LogP contribution in [0.15, 0.2) is 103 Å². The van der Waals surface area contributed by atoms with E-state index in [0.29, 0.717) is 46.1 Å². The fourth-order valence-corrected chi connectivity index (χ4v) is 7.99. The van der Waals surface area contributed by atoms with E-state index in [1.807, 2.05) is 12.1 Å². The second kappa shape index (κ2) is 18.9. The zero-order valence-electron chi connectivity index (χ0n) is 33.4. The van der Waals surface area contributed by atoms with Crippen LogP contribution in [-0.4, -0.2) is 102 Å². The Morgan fingerprint density at radius 3 is 2.15 bits per heavy atom. The molecule has 5 N–H and O–H groups in total. The number of imide groups is 1. The molecule has 0 saturated carbocycles. The Balaban J connectivity index is 0.753. The van der Waals surface area contributed by atoms with Gasteiger partial charge in [0.15, 0.2) is 11.6 Å². The molecular weight excluding hydrogens is 799 g/mol. The van der Waals surface area contributed by atoms with Crippen molar-refractivity contribution in [1.82, 2.24) is 30.4 Å². The average molecular weight is 845 g/mol. The summed E-state index contributed by atoms with van der Waals surface area (Å²) in [5.74, 6) is -1.71. The highest BCUT2D eigenvalue weighted by atomic mass is 35.5. The van der Waals surface area contributed by atoms with Crippen molar-refractivity contribution < 1.29 is 23.6 Å². The fraction of sp³-hybridized carbons (Fsp3) is 0.289. The van der Waals surface area contributed by atoms with E-state index in [-0.39, 0.29) is 47.4 Å². The number of nitrogens with zero attached hydrogens (tertiary/aromatic N) is 5. The van der Waals surface area contributed by atoms with Crippen molar-refractivity contribution in [2.24, 2.45) is 0 Å². The molecule has 0 aliphatic carbocycles. The molecule has 61 heavy (non-hydrogen) atoms. The molecule has 4 heterocycles. The predicted octanol–water partition coefficient (Wildman–Crippen LogP) is 6.16. The fourth-order valence-electron chi connectivity index (χ4n) is 7.81. The lowest BCUT2D eigenvalue weighted by molar-refractivity contribution is -0.134. The number of nitrogens with one attached hydrogen (secondary N) is 5. The van der Waals surface area contributed by atoms with Crippen molar-refractivity contribution >= 4 is 69.7 Å². The maximum atomic E-state index is 14.7. The molecular formula is C45H46ClFN10O4. The predicted molar refractivity (Wildman–Crippen MR) is 233 cm³/mol. The van der Waals surface area contributed by atoms with Crippen LogP contribution in [0.1, 0.15) is 51.5 Å². The topological polar surface area (TPSA) is 164 Å². The van der Waals surface area contributed by atoms with Gasteiger partial charge in [0.1, 0.15) is 0 Å². The molecule has 0 spiro atoms. The minimum atomic E-state index is -0.656. The van der Waals surface area contributed by atoms with E-state index in [9.17, 15) is 23.6 Å². The van der Waals surface area contributed by atoms with Gasteiger partial charge in [0.2, 0.25) is 17.8 Å². The Morgan fingerprint density at radius 1 is 0.770 bits per heavy atom. The number of aromatic nitrogens is 2. The molecule has 4 amide bonds. The summed E-state index contributed by atoms with van der Waals surface area (Å²) in [6.07, 6.45) is 2.87. The van der Waals surface area contributed by atoms with Crippen LogP contribution in [0.5, 0.6) is 0 Å². The summed E-state index contributed by atoms with van der Waals surface area (Å²) < 4.78 is 14.7. The molecule has 3 aliphatic heterocycles. The number of piperidine rings is 1. The Hall–Kier alpha value is -6.42. The maximum Gasteiger partial charge on any atom is 0.255 e. The van der Waals surface area contributed by atoms with Crippen molar-refractivity contribution in [2.45, 2.75) is 31.2 Å². The maximum absolute atomic E-state index is 14.7. The number of carbonyl (C=O) groups excluding carboxylic acids is 4. The standard InChI is InChI=1S/C45H46ClFN10O4/c46-37-3-1-2-4-39(37)52-43(60)31-5-11-32(12-6-31)49-41-38(47)27-48-45(54-41)51-33-13-7-30(8-14-33)42(59)50-34-19-20-56(28-34)22-21-55-23-25-57(26-24-55)35-15-9-29(10-16-35)36-17-18-40(58)53-44(36)61/h1-16,27,34,36H,17-26,28H2,(H,50,59)(H,52,60)(H,53,58,61)(H2,48,49,51,54)/t34-,36?/m0/s1. The summed E-state index contributed by atoms with van der Waals surface area (Å²) in [4.78, 5) is 65.3. The van der Waals surface area contributed by atoms with E-state index < -0.39 is 5.82 Å². The lowest BCUT2D eigenvalue weighted by Crippen LogP contribution is -2.48. The third-order valence-electron chi connectivity index (χ3n) is 11.3. The van der Waals surface area contributed by atoms with Gasteiger partial charge in [0.05, 0.1) is 22.8 Å². The van der Waals surface area contributed by atoms with E-state index in [0.717, 1.165) is 76.2 Å². The van der Waals surface area contributed by atoms with Gasteiger partial charge in [-0.3, -0.25) is 34.3 Å². The van der Waals surface area contributed by atoms with Crippen molar-refractivity contribution in [3.05, 3.63) is 131 Å².